The van der Waals surface area contributed by atoms with Gasteiger partial charge in [0.15, 0.2) is 0 Å². The molecule has 0 amide bonds. The van der Waals surface area contributed by atoms with Crippen LogP contribution in [0.15, 0.2) is 30.3 Å². The normalized spacial score (nSPS) is 31.6. The van der Waals surface area contributed by atoms with Gasteiger partial charge in [0.05, 0.1) is 0 Å². The van der Waals surface area contributed by atoms with Crippen molar-refractivity contribution in [2.24, 2.45) is 23.5 Å². The molecule has 0 saturated heterocycles. The van der Waals surface area contributed by atoms with Gasteiger partial charge in [-0.05, 0) is 49.0 Å². The van der Waals surface area contributed by atoms with E-state index in [9.17, 15) is 0 Å². The topological polar surface area (TPSA) is 26.0 Å². The van der Waals surface area contributed by atoms with E-state index in [-0.39, 0.29) is 5.54 Å². The first-order chi connectivity index (χ1) is 9.01. The van der Waals surface area contributed by atoms with Crippen LogP contribution in [0.3, 0.4) is 0 Å². The first kappa shape index (κ1) is 14.6. The Hall–Kier alpha value is -0.820. The summed E-state index contributed by atoms with van der Waals surface area (Å²) in [4.78, 5) is 0. The monoisotopic (exact) mass is 259 g/mol. The average molecular weight is 259 g/mol. The molecule has 1 aromatic carbocycles. The van der Waals surface area contributed by atoms with E-state index in [2.05, 4.69) is 51.1 Å². The summed E-state index contributed by atoms with van der Waals surface area (Å²) in [6.07, 6.45) is 6.11. The van der Waals surface area contributed by atoms with Crippen molar-refractivity contribution in [3.63, 3.8) is 0 Å². The molecule has 0 radical (unpaired) electrons. The molecular weight excluding hydrogens is 230 g/mol. The number of benzene rings is 1. The highest BCUT2D eigenvalue weighted by Gasteiger charge is 2.40. The fraction of sp³-hybridized carbons (Fsp3) is 0.667. The quantitative estimate of drug-likeness (QED) is 0.851. The lowest BCUT2D eigenvalue weighted by Gasteiger charge is -2.46. The summed E-state index contributed by atoms with van der Waals surface area (Å²) in [7, 11) is 0. The van der Waals surface area contributed by atoms with E-state index in [1.54, 1.807) is 0 Å². The molecule has 3 unspecified atom stereocenters. The van der Waals surface area contributed by atoms with E-state index in [1.165, 1.54) is 24.8 Å². The molecule has 2 N–H and O–H groups in total. The van der Waals surface area contributed by atoms with Crippen molar-refractivity contribution >= 4 is 0 Å². The second-order valence-electron chi connectivity index (χ2n) is 6.96. The number of rotatable bonds is 4. The molecule has 106 valence electrons. The van der Waals surface area contributed by atoms with Gasteiger partial charge < -0.3 is 5.73 Å². The van der Waals surface area contributed by atoms with Crippen molar-refractivity contribution in [1.82, 2.24) is 0 Å². The molecule has 0 spiro atoms. The molecule has 0 heterocycles. The zero-order valence-electron chi connectivity index (χ0n) is 12.7. The largest absolute Gasteiger partial charge is 0.325 e. The van der Waals surface area contributed by atoms with Gasteiger partial charge in [0.2, 0.25) is 0 Å². The molecule has 1 nitrogen and oxygen atoms in total. The fourth-order valence-electron chi connectivity index (χ4n) is 3.96. The van der Waals surface area contributed by atoms with Gasteiger partial charge in [-0.15, -0.1) is 0 Å². The Morgan fingerprint density at radius 2 is 1.89 bits per heavy atom. The highest BCUT2D eigenvalue weighted by molar-refractivity contribution is 5.15. The highest BCUT2D eigenvalue weighted by atomic mass is 14.8. The Balaban J connectivity index is 2.05. The molecule has 0 bridgehead atoms. The van der Waals surface area contributed by atoms with Crippen molar-refractivity contribution in [2.75, 3.05) is 0 Å². The van der Waals surface area contributed by atoms with Crippen LogP contribution in [0, 0.1) is 17.8 Å². The van der Waals surface area contributed by atoms with Gasteiger partial charge in [-0.2, -0.15) is 0 Å². The number of hydrogen-bond donors (Lipinski definition) is 1. The highest BCUT2D eigenvalue weighted by Crippen LogP contribution is 2.41. The second kappa shape index (κ2) is 6.09. The Kier molecular flexibility index (Phi) is 4.67. The number of nitrogens with two attached hydrogens (primary N) is 1. The van der Waals surface area contributed by atoms with Crippen LogP contribution in [0.1, 0.15) is 52.0 Å². The van der Waals surface area contributed by atoms with Crippen LogP contribution in [-0.2, 0) is 6.42 Å². The summed E-state index contributed by atoms with van der Waals surface area (Å²) < 4.78 is 0. The third-order valence-electron chi connectivity index (χ3n) is 4.96. The van der Waals surface area contributed by atoms with Gasteiger partial charge in [0, 0.05) is 5.54 Å². The number of hydrogen-bond acceptors (Lipinski definition) is 1. The van der Waals surface area contributed by atoms with Crippen LogP contribution in [0.2, 0.25) is 0 Å². The van der Waals surface area contributed by atoms with Crippen LogP contribution in [0.5, 0.6) is 0 Å². The standard InChI is InChI=1S/C18H29N/c1-14(2)17-10-9-15(3)13-18(17,19)12-11-16-7-5-4-6-8-16/h4-8,14-15,17H,9-13,19H2,1-3H3. The van der Waals surface area contributed by atoms with Gasteiger partial charge in [-0.3, -0.25) is 0 Å². The van der Waals surface area contributed by atoms with E-state index in [0.29, 0.717) is 11.8 Å². The van der Waals surface area contributed by atoms with Crippen molar-refractivity contribution in [1.29, 1.82) is 0 Å². The minimum Gasteiger partial charge on any atom is -0.325 e. The van der Waals surface area contributed by atoms with Gasteiger partial charge in [0.25, 0.3) is 0 Å². The van der Waals surface area contributed by atoms with Crippen LogP contribution in [0.25, 0.3) is 0 Å². The van der Waals surface area contributed by atoms with Gasteiger partial charge >= 0.3 is 0 Å². The SMILES string of the molecule is CC1CCC(C(C)C)C(N)(CCc2ccccc2)C1. The molecule has 0 aliphatic heterocycles. The molecule has 1 saturated carbocycles. The Bertz CT molecular complexity index is 384. The van der Waals surface area contributed by atoms with Crippen molar-refractivity contribution < 1.29 is 0 Å². The smallest absolute Gasteiger partial charge is 0.0191 e. The maximum absolute atomic E-state index is 6.84. The minimum absolute atomic E-state index is 0.0433. The van der Waals surface area contributed by atoms with E-state index < -0.39 is 0 Å². The maximum atomic E-state index is 6.84. The van der Waals surface area contributed by atoms with Gasteiger partial charge in [-0.1, -0.05) is 57.5 Å². The van der Waals surface area contributed by atoms with Crippen molar-refractivity contribution in [2.45, 2.75) is 58.4 Å². The predicted molar refractivity (Wildman–Crippen MR) is 83.0 cm³/mol. The third kappa shape index (κ3) is 3.60. The average Bonchev–Trinajstić information content (AvgIpc) is 2.37. The van der Waals surface area contributed by atoms with Crippen molar-refractivity contribution in [3.05, 3.63) is 35.9 Å². The molecule has 2 rings (SSSR count). The van der Waals surface area contributed by atoms with Gasteiger partial charge in [0.1, 0.15) is 0 Å². The first-order valence-corrected chi connectivity index (χ1v) is 7.84. The van der Waals surface area contributed by atoms with E-state index in [1.807, 2.05) is 0 Å². The maximum Gasteiger partial charge on any atom is 0.0191 e. The summed E-state index contributed by atoms with van der Waals surface area (Å²) in [6, 6.07) is 10.8. The lowest BCUT2D eigenvalue weighted by atomic mass is 9.63. The Morgan fingerprint density at radius 1 is 1.21 bits per heavy atom. The van der Waals surface area contributed by atoms with Gasteiger partial charge in [-0.25, -0.2) is 0 Å². The van der Waals surface area contributed by atoms with E-state index in [4.69, 9.17) is 5.73 Å². The Labute approximate surface area is 118 Å². The van der Waals surface area contributed by atoms with Crippen molar-refractivity contribution in [3.8, 4) is 0 Å². The summed E-state index contributed by atoms with van der Waals surface area (Å²) in [5.41, 5.74) is 8.31. The predicted octanol–water partition coefficient (Wildman–Crippen LogP) is 4.41. The summed E-state index contributed by atoms with van der Waals surface area (Å²) >= 11 is 0. The number of aryl methyl sites for hydroxylation is 1. The molecule has 1 aliphatic carbocycles. The second-order valence-corrected chi connectivity index (χ2v) is 6.96. The lowest BCUT2D eigenvalue weighted by Crippen LogP contribution is -2.53. The molecular formula is C18H29N. The molecule has 1 heteroatoms. The molecule has 1 aliphatic rings. The molecule has 1 fully saturated rings. The van der Waals surface area contributed by atoms with Crippen LogP contribution < -0.4 is 5.73 Å². The summed E-state index contributed by atoms with van der Waals surface area (Å²) in [6.45, 7) is 7.04. The molecule has 3 atom stereocenters. The van der Waals surface area contributed by atoms with E-state index >= 15 is 0 Å². The lowest BCUT2D eigenvalue weighted by molar-refractivity contribution is 0.102. The van der Waals surface area contributed by atoms with Crippen LogP contribution in [-0.4, -0.2) is 5.54 Å². The zero-order valence-corrected chi connectivity index (χ0v) is 12.7. The first-order valence-electron chi connectivity index (χ1n) is 7.84. The third-order valence-corrected chi connectivity index (χ3v) is 4.96. The minimum atomic E-state index is 0.0433. The van der Waals surface area contributed by atoms with Crippen LogP contribution >= 0.6 is 0 Å². The molecule has 1 aromatic rings. The molecule has 0 aromatic heterocycles. The fourth-order valence-corrected chi connectivity index (χ4v) is 3.96. The Morgan fingerprint density at radius 3 is 2.53 bits per heavy atom. The zero-order chi connectivity index (χ0) is 13.9. The molecule has 19 heavy (non-hydrogen) atoms. The summed E-state index contributed by atoms with van der Waals surface area (Å²) in [5.74, 6) is 2.18. The summed E-state index contributed by atoms with van der Waals surface area (Å²) in [5, 5.41) is 0. The van der Waals surface area contributed by atoms with Crippen LogP contribution in [0.4, 0.5) is 0 Å². The van der Waals surface area contributed by atoms with E-state index in [0.717, 1.165) is 18.8 Å².